The van der Waals surface area contributed by atoms with Gasteiger partial charge in [-0.1, -0.05) is 77.5 Å². The van der Waals surface area contributed by atoms with Crippen LogP contribution in [0, 0.1) is 17.8 Å². The quantitative estimate of drug-likeness (QED) is 0.201. The average Bonchev–Trinajstić information content (AvgIpc) is 3.05. The van der Waals surface area contributed by atoms with Crippen LogP contribution in [0.3, 0.4) is 0 Å². The second kappa shape index (κ2) is 14.4. The molecule has 2 atom stereocenters. The first kappa shape index (κ1) is 34.7. The number of halogens is 1. The molecule has 48 heavy (non-hydrogen) atoms. The minimum atomic E-state index is -3.83. The molecule has 0 spiro atoms. The van der Waals surface area contributed by atoms with Crippen molar-refractivity contribution in [2.24, 2.45) is 17.8 Å². The van der Waals surface area contributed by atoms with Gasteiger partial charge in [-0.25, -0.2) is 8.42 Å². The van der Waals surface area contributed by atoms with E-state index in [-0.39, 0.29) is 23.9 Å². The Bertz CT molecular complexity index is 1660. The number of nitrogens with one attached hydrogen (secondary N) is 1. The van der Waals surface area contributed by atoms with E-state index in [0.717, 1.165) is 46.0 Å². The summed E-state index contributed by atoms with van der Waals surface area (Å²) in [5.41, 5.74) is 3.70. The number of amides is 2. The van der Waals surface area contributed by atoms with E-state index in [2.05, 4.69) is 33.4 Å². The molecule has 1 N–H and O–H groups in total. The van der Waals surface area contributed by atoms with Crippen LogP contribution in [0.5, 0.6) is 0 Å². The summed E-state index contributed by atoms with van der Waals surface area (Å²) in [6, 6.07) is 24.3. The number of anilines is 1. The molecule has 4 saturated carbocycles. The first-order valence-electron chi connectivity index (χ1n) is 17.4. The van der Waals surface area contributed by atoms with Gasteiger partial charge in [-0.05, 0) is 116 Å². The first-order valence-corrected chi connectivity index (χ1v) is 20.0. The second-order valence-electron chi connectivity index (χ2n) is 14.7. The Balaban J connectivity index is 1.30. The summed E-state index contributed by atoms with van der Waals surface area (Å²) in [6.07, 6.45) is 9.92. The fourth-order valence-electron chi connectivity index (χ4n) is 8.84. The molecule has 4 aliphatic carbocycles. The van der Waals surface area contributed by atoms with E-state index in [1.54, 1.807) is 4.90 Å². The maximum Gasteiger partial charge on any atom is 0.244 e. The molecule has 0 unspecified atom stereocenters. The zero-order valence-corrected chi connectivity index (χ0v) is 30.7. The number of carbonyl (C=O) groups excluding carboxylic acids is 2. The van der Waals surface area contributed by atoms with E-state index >= 15 is 0 Å². The first-order chi connectivity index (χ1) is 22.9. The smallest absolute Gasteiger partial charge is 0.244 e. The lowest BCUT2D eigenvalue weighted by Crippen LogP contribution is -2.54. The summed E-state index contributed by atoms with van der Waals surface area (Å²) in [7, 11) is -3.83. The highest BCUT2D eigenvalue weighted by Crippen LogP contribution is 2.60. The number of hydrogen-bond acceptors (Lipinski definition) is 4. The molecule has 0 aliphatic heterocycles. The zero-order valence-electron chi connectivity index (χ0n) is 28.3. The monoisotopic (exact) mass is 733 g/mol. The van der Waals surface area contributed by atoms with Gasteiger partial charge in [0.1, 0.15) is 12.6 Å². The van der Waals surface area contributed by atoms with Crippen molar-refractivity contribution in [3.63, 3.8) is 0 Å². The molecule has 0 saturated heterocycles. The minimum Gasteiger partial charge on any atom is -0.352 e. The Labute approximate surface area is 294 Å². The molecule has 7 nitrogen and oxygen atoms in total. The van der Waals surface area contributed by atoms with Crippen LogP contribution in [0.2, 0.25) is 0 Å². The predicted molar refractivity (Wildman–Crippen MR) is 195 cm³/mol. The van der Waals surface area contributed by atoms with Crippen molar-refractivity contribution in [1.29, 1.82) is 0 Å². The van der Waals surface area contributed by atoms with Crippen molar-refractivity contribution in [2.45, 2.75) is 89.3 Å². The molecule has 0 radical (unpaired) electrons. The summed E-state index contributed by atoms with van der Waals surface area (Å²) in [5.74, 6) is 1.72. The molecule has 9 heteroatoms. The van der Waals surface area contributed by atoms with Crippen LogP contribution in [-0.2, 0) is 38.0 Å². The summed E-state index contributed by atoms with van der Waals surface area (Å²) in [5, 5.41) is 3.08. The number of sulfonamides is 1. The standard InChI is InChI=1S/C39H48BrN3O4S/c1-4-27(2)41-38(45)36(21-28-8-6-5-7-9-28)42(25-29-10-14-34(40)15-11-29)37(44)26-43(48(3,46)47)35-16-12-33(13-17-35)39-22-30-18-31(23-39)20-32(19-30)24-39/h5-17,27,30-32,36H,4,18-26H2,1-3H3,(H,41,45)/t27-,30?,31?,32?,36+,39?/m0/s1. The van der Waals surface area contributed by atoms with Crippen molar-refractivity contribution in [1.82, 2.24) is 10.2 Å². The zero-order chi connectivity index (χ0) is 34.1. The second-order valence-corrected chi connectivity index (χ2v) is 17.5. The number of carbonyl (C=O) groups is 2. The van der Waals surface area contributed by atoms with Crippen molar-refractivity contribution in [3.05, 3.63) is 100 Å². The van der Waals surface area contributed by atoms with Gasteiger partial charge in [-0.15, -0.1) is 0 Å². The number of rotatable bonds is 13. The van der Waals surface area contributed by atoms with Gasteiger partial charge in [-0.2, -0.15) is 0 Å². The van der Waals surface area contributed by atoms with Crippen molar-refractivity contribution >= 4 is 43.5 Å². The number of hydrogen-bond donors (Lipinski definition) is 1. The highest BCUT2D eigenvalue weighted by Gasteiger charge is 2.51. The van der Waals surface area contributed by atoms with Crippen molar-refractivity contribution in [2.75, 3.05) is 17.1 Å². The molecule has 4 aliphatic rings. The normalized spacial score (nSPS) is 24.1. The van der Waals surface area contributed by atoms with Gasteiger partial charge in [-0.3, -0.25) is 13.9 Å². The number of benzene rings is 3. The van der Waals surface area contributed by atoms with Gasteiger partial charge >= 0.3 is 0 Å². The van der Waals surface area contributed by atoms with Gasteiger partial charge in [0.2, 0.25) is 21.8 Å². The molecule has 4 bridgehead atoms. The van der Waals surface area contributed by atoms with E-state index < -0.39 is 28.5 Å². The van der Waals surface area contributed by atoms with Gasteiger partial charge in [0.05, 0.1) is 11.9 Å². The Hall–Kier alpha value is -3.17. The molecular formula is C39H48BrN3O4S. The molecular weight excluding hydrogens is 686 g/mol. The van der Waals surface area contributed by atoms with Crippen LogP contribution < -0.4 is 9.62 Å². The molecule has 2 amide bonds. The lowest BCUT2D eigenvalue weighted by molar-refractivity contribution is -0.140. The minimum absolute atomic E-state index is 0.0830. The maximum absolute atomic E-state index is 14.5. The molecule has 7 rings (SSSR count). The lowest BCUT2D eigenvalue weighted by Gasteiger charge is -2.57. The summed E-state index contributed by atoms with van der Waals surface area (Å²) in [4.78, 5) is 29.9. The summed E-state index contributed by atoms with van der Waals surface area (Å²) in [6.45, 7) is 3.69. The molecule has 3 aromatic rings. The molecule has 3 aromatic carbocycles. The Kier molecular flexibility index (Phi) is 10.4. The fourth-order valence-corrected chi connectivity index (χ4v) is 9.95. The Morgan fingerprint density at radius 1 is 0.875 bits per heavy atom. The van der Waals surface area contributed by atoms with E-state index in [1.807, 2.05) is 80.6 Å². The van der Waals surface area contributed by atoms with E-state index in [4.69, 9.17) is 0 Å². The average molecular weight is 735 g/mol. The van der Waals surface area contributed by atoms with Crippen LogP contribution in [0.4, 0.5) is 5.69 Å². The van der Waals surface area contributed by atoms with E-state index in [1.165, 1.54) is 48.4 Å². The lowest BCUT2D eigenvalue weighted by atomic mass is 9.48. The van der Waals surface area contributed by atoms with Crippen LogP contribution in [0.25, 0.3) is 0 Å². The third-order valence-corrected chi connectivity index (χ3v) is 12.7. The SMILES string of the molecule is CC[C@H](C)NC(=O)[C@@H](Cc1ccccc1)N(Cc1ccc(Br)cc1)C(=O)CN(c1ccc(C23CC4CC(CC(C4)C2)C3)cc1)S(C)(=O)=O. The van der Waals surface area contributed by atoms with Gasteiger partial charge in [0.15, 0.2) is 0 Å². The van der Waals surface area contributed by atoms with Crippen molar-refractivity contribution in [3.8, 4) is 0 Å². The predicted octanol–water partition coefficient (Wildman–Crippen LogP) is 7.24. The van der Waals surface area contributed by atoms with Crippen molar-refractivity contribution < 1.29 is 18.0 Å². The van der Waals surface area contributed by atoms with E-state index in [9.17, 15) is 18.0 Å². The topological polar surface area (TPSA) is 86.8 Å². The van der Waals surface area contributed by atoms with Gasteiger partial charge in [0.25, 0.3) is 0 Å². The maximum atomic E-state index is 14.5. The molecule has 0 aromatic heterocycles. The van der Waals surface area contributed by atoms with Crippen LogP contribution >= 0.6 is 15.9 Å². The highest BCUT2D eigenvalue weighted by atomic mass is 79.9. The fraction of sp³-hybridized carbons (Fsp3) is 0.487. The molecule has 4 fully saturated rings. The number of nitrogens with zero attached hydrogens (tertiary/aromatic N) is 2. The largest absolute Gasteiger partial charge is 0.352 e. The molecule has 256 valence electrons. The van der Waals surface area contributed by atoms with E-state index in [0.29, 0.717) is 12.1 Å². The van der Waals surface area contributed by atoms with Gasteiger partial charge in [0, 0.05) is 23.5 Å². The Morgan fingerprint density at radius 2 is 1.46 bits per heavy atom. The third-order valence-electron chi connectivity index (χ3n) is 11.0. The third kappa shape index (κ3) is 7.83. The highest BCUT2D eigenvalue weighted by molar-refractivity contribution is 9.10. The van der Waals surface area contributed by atoms with Crippen LogP contribution in [-0.4, -0.2) is 50.0 Å². The Morgan fingerprint density at radius 3 is 2.00 bits per heavy atom. The summed E-state index contributed by atoms with van der Waals surface area (Å²) < 4.78 is 28.8. The molecule has 0 heterocycles. The van der Waals surface area contributed by atoms with Gasteiger partial charge < -0.3 is 10.2 Å². The van der Waals surface area contributed by atoms with Crippen LogP contribution in [0.1, 0.15) is 75.5 Å². The van der Waals surface area contributed by atoms with Crippen LogP contribution in [0.15, 0.2) is 83.3 Å². The summed E-state index contributed by atoms with van der Waals surface area (Å²) >= 11 is 3.48.